The zero-order valence-electron chi connectivity index (χ0n) is 40.1. The summed E-state index contributed by atoms with van der Waals surface area (Å²) in [5.74, 6) is -4.70. The molecular weight excluding hydrogens is 893 g/mol. The molecule has 390 valence electrons. The van der Waals surface area contributed by atoms with Crippen molar-refractivity contribution in [2.75, 3.05) is 52.9 Å². The smallest absolute Gasteiger partial charge is 0.408 e. The molecule has 0 aliphatic rings. The van der Waals surface area contributed by atoms with Gasteiger partial charge < -0.3 is 68.0 Å². The molecule has 29 N–H and O–H groups in total. The fraction of sp³-hybridized carbons (Fsp3) is 0.703. The maximum atomic E-state index is 12.8. The molecule has 0 spiro atoms. The lowest BCUT2D eigenvalue weighted by Crippen LogP contribution is -2.78. The van der Waals surface area contributed by atoms with E-state index in [0.717, 1.165) is 6.54 Å². The van der Waals surface area contributed by atoms with Gasteiger partial charge in [-0.2, -0.15) is 0 Å². The SMILES string of the molecule is CC(C)(C)OC(=O)NCC(=O)O.CC(C)(C)OC(=O)NCC(=O)O.CCN.COC(=O)CN.NC(N)=[NH+]CCC[C@H](NC(=O)[C@H](CCC[NH+]=C(N)N)NC(=O)[C@@H]([NH3+])CCC[NH+]=C(N)N)C(=O)O. The van der Waals surface area contributed by atoms with Crippen molar-refractivity contribution < 1.29 is 88.6 Å². The Balaban J connectivity index is -0.000000313. The van der Waals surface area contributed by atoms with Crippen molar-refractivity contribution in [1.82, 2.24) is 21.3 Å². The summed E-state index contributed by atoms with van der Waals surface area (Å²) in [7, 11) is 1.30. The van der Waals surface area contributed by atoms with Crippen LogP contribution in [0.5, 0.6) is 0 Å². The van der Waals surface area contributed by atoms with Gasteiger partial charge in [0, 0.05) is 6.42 Å². The number of methoxy groups -OCH3 is 1. The Morgan fingerprint density at radius 3 is 1.19 bits per heavy atom. The summed E-state index contributed by atoms with van der Waals surface area (Å²) < 4.78 is 13.7. The van der Waals surface area contributed by atoms with E-state index in [1.807, 2.05) is 6.92 Å². The third-order valence-electron chi connectivity index (χ3n) is 6.63. The number of carboxylic acid groups (broad SMARTS) is 3. The summed E-state index contributed by atoms with van der Waals surface area (Å²) in [4.78, 5) is 96.5. The number of rotatable bonds is 22. The molecular formula is C37H82N16O14+4. The van der Waals surface area contributed by atoms with Crippen molar-refractivity contribution in [2.45, 2.75) is 116 Å². The summed E-state index contributed by atoms with van der Waals surface area (Å²) in [5, 5.41) is 35.1. The number of hydrogen-bond acceptors (Lipinski definition) is 13. The third-order valence-corrected chi connectivity index (χ3v) is 6.63. The fourth-order valence-corrected chi connectivity index (χ4v) is 3.89. The van der Waals surface area contributed by atoms with E-state index in [-0.39, 0.29) is 43.2 Å². The van der Waals surface area contributed by atoms with Crippen molar-refractivity contribution in [3.8, 4) is 0 Å². The van der Waals surface area contributed by atoms with Crippen molar-refractivity contribution in [2.24, 2.45) is 45.9 Å². The Morgan fingerprint density at radius 1 is 0.597 bits per heavy atom. The molecule has 67 heavy (non-hydrogen) atoms. The highest BCUT2D eigenvalue weighted by Gasteiger charge is 2.29. The Kier molecular flexibility index (Phi) is 41.8. The number of ether oxygens (including phenoxy) is 3. The van der Waals surface area contributed by atoms with Crippen LogP contribution in [0.15, 0.2) is 0 Å². The first-order chi connectivity index (χ1) is 30.8. The molecule has 0 aliphatic heterocycles. The standard InChI is InChI=1S/C18H38N12O4.2C7H13NO4.C3H7NO2.C2H7N/c19-10(4-1-7-26-16(20)21)13(31)29-11(5-2-8-27-17(22)23)14(32)30-12(15(33)34)6-3-9-28-18(24)25;2*1-7(2,3)12-6(11)8-4-5(9)10;1-6-3(5)2-4;1-2-3/h10-12H,1-9,19H2,(H,29,31)(H,30,32)(H,33,34)(H4,20,21,26)(H4,22,23,27)(H4,24,25,28);2*4H2,1-3H3,(H,8,11)(H,9,10);2,4H2,1H3;2-3H2,1H3/p+4/t10-,11-,12-;;;;/m0..../s1. The van der Waals surface area contributed by atoms with Gasteiger partial charge in [0.1, 0.15) is 36.4 Å². The molecule has 30 nitrogen and oxygen atoms in total. The average Bonchev–Trinajstić information content (AvgIpc) is 3.19. The van der Waals surface area contributed by atoms with Crippen LogP contribution in [0.2, 0.25) is 0 Å². The van der Waals surface area contributed by atoms with Crippen LogP contribution < -0.4 is 87.8 Å². The fourth-order valence-electron chi connectivity index (χ4n) is 3.89. The van der Waals surface area contributed by atoms with Gasteiger partial charge in [-0.3, -0.25) is 73.4 Å². The van der Waals surface area contributed by atoms with Gasteiger partial charge in [-0.1, -0.05) is 6.92 Å². The molecule has 0 rings (SSSR count). The minimum atomic E-state index is -1.20. The van der Waals surface area contributed by atoms with Crippen LogP contribution in [-0.2, 0) is 43.0 Å². The molecule has 4 amide bonds. The average molecular weight is 975 g/mol. The summed E-state index contributed by atoms with van der Waals surface area (Å²) >= 11 is 0. The van der Waals surface area contributed by atoms with Crippen molar-refractivity contribution in [3.05, 3.63) is 0 Å². The van der Waals surface area contributed by atoms with E-state index in [0.29, 0.717) is 45.3 Å². The monoisotopic (exact) mass is 975 g/mol. The Labute approximate surface area is 390 Å². The quantitative estimate of drug-likeness (QED) is 0.0157. The molecule has 0 aromatic carbocycles. The molecule has 0 unspecified atom stereocenters. The first kappa shape index (κ1) is 69.1. The Hall–Kier alpha value is -6.95. The number of guanidine groups is 3. The molecule has 0 aliphatic carbocycles. The Morgan fingerprint density at radius 2 is 0.925 bits per heavy atom. The van der Waals surface area contributed by atoms with Gasteiger partial charge in [0.25, 0.3) is 5.91 Å². The van der Waals surface area contributed by atoms with Gasteiger partial charge in [0.05, 0.1) is 33.3 Å². The van der Waals surface area contributed by atoms with E-state index in [9.17, 15) is 43.5 Å². The molecule has 0 saturated heterocycles. The third kappa shape index (κ3) is 57.0. The van der Waals surface area contributed by atoms with E-state index >= 15 is 0 Å². The summed E-state index contributed by atoms with van der Waals surface area (Å²) in [6, 6.07) is -2.77. The van der Waals surface area contributed by atoms with Gasteiger partial charge in [0.15, 0.2) is 6.04 Å². The summed E-state index contributed by atoms with van der Waals surface area (Å²) in [6.07, 6.45) is 0.738. The normalized spacial score (nSPS) is 11.3. The lowest BCUT2D eigenvalue weighted by molar-refractivity contribution is -0.463. The summed E-state index contributed by atoms with van der Waals surface area (Å²) in [5.41, 5.74) is 44.3. The largest absolute Gasteiger partial charge is 0.480 e. The maximum Gasteiger partial charge on any atom is 0.408 e. The molecule has 0 bridgehead atoms. The lowest BCUT2D eigenvalue weighted by Gasteiger charge is -2.22. The van der Waals surface area contributed by atoms with Crippen LogP contribution >= 0.6 is 0 Å². The number of hydrogen-bond donors (Lipinski definition) is 19. The Bertz CT molecular complexity index is 1510. The summed E-state index contributed by atoms with van der Waals surface area (Å²) in [6.45, 7) is 13.2. The van der Waals surface area contributed by atoms with Crippen molar-refractivity contribution in [3.63, 3.8) is 0 Å². The number of carbonyl (C=O) groups is 8. The van der Waals surface area contributed by atoms with Gasteiger partial charge in [-0.05, 0) is 80.2 Å². The number of esters is 1. The predicted molar refractivity (Wildman–Crippen MR) is 243 cm³/mol. The highest BCUT2D eigenvalue weighted by molar-refractivity contribution is 5.91. The van der Waals surface area contributed by atoms with Crippen LogP contribution in [0, 0.1) is 0 Å². The molecule has 0 fully saturated rings. The van der Waals surface area contributed by atoms with Crippen molar-refractivity contribution >= 4 is 65.8 Å². The molecule has 3 atom stereocenters. The first-order valence-electron chi connectivity index (χ1n) is 20.6. The molecule has 0 heterocycles. The number of carbonyl (C=O) groups excluding carboxylic acids is 5. The van der Waals surface area contributed by atoms with E-state index in [2.05, 4.69) is 46.7 Å². The molecule has 30 heteroatoms. The van der Waals surface area contributed by atoms with Crippen LogP contribution in [0.25, 0.3) is 0 Å². The number of nitrogens with one attached hydrogen (secondary N) is 7. The van der Waals surface area contributed by atoms with E-state index in [1.54, 1.807) is 41.5 Å². The first-order valence-corrected chi connectivity index (χ1v) is 20.6. The van der Waals surface area contributed by atoms with E-state index < -0.39 is 84.3 Å². The minimum absolute atomic E-state index is 0.0193. The molecule has 0 aromatic heterocycles. The number of amides is 4. The minimum Gasteiger partial charge on any atom is -0.480 e. The number of alkyl carbamates (subject to hydrolysis) is 2. The van der Waals surface area contributed by atoms with Crippen LogP contribution in [-0.4, -0.2) is 163 Å². The highest BCUT2D eigenvalue weighted by Crippen LogP contribution is 2.07. The van der Waals surface area contributed by atoms with Gasteiger partial charge >= 0.3 is 53.9 Å². The van der Waals surface area contributed by atoms with Gasteiger partial charge in [0.2, 0.25) is 5.91 Å². The van der Waals surface area contributed by atoms with E-state index in [4.69, 9.17) is 65.6 Å². The zero-order valence-corrected chi connectivity index (χ0v) is 40.1. The van der Waals surface area contributed by atoms with Crippen LogP contribution in [0.4, 0.5) is 9.59 Å². The van der Waals surface area contributed by atoms with Crippen molar-refractivity contribution in [1.29, 1.82) is 0 Å². The van der Waals surface area contributed by atoms with Gasteiger partial charge in [-0.25, -0.2) is 14.4 Å². The maximum absolute atomic E-state index is 12.8. The van der Waals surface area contributed by atoms with Crippen LogP contribution in [0.1, 0.15) is 87.0 Å². The molecule has 0 aromatic rings. The number of quaternary nitrogens is 1. The molecule has 0 saturated carbocycles. The van der Waals surface area contributed by atoms with Crippen LogP contribution in [0.3, 0.4) is 0 Å². The second-order valence-electron chi connectivity index (χ2n) is 15.4. The number of aliphatic carboxylic acids is 3. The zero-order chi connectivity index (χ0) is 53.3. The number of carboxylic acids is 3. The lowest BCUT2D eigenvalue weighted by atomic mass is 10.1. The van der Waals surface area contributed by atoms with Gasteiger partial charge in [-0.15, -0.1) is 0 Å². The van der Waals surface area contributed by atoms with E-state index in [1.165, 1.54) is 7.11 Å². The highest BCUT2D eigenvalue weighted by atomic mass is 16.6. The number of nitrogens with two attached hydrogens (primary N) is 8. The second kappa shape index (κ2) is 40.6. The molecule has 0 radical (unpaired) electrons. The second-order valence-corrected chi connectivity index (χ2v) is 15.4. The topological polar surface area (TPSA) is 551 Å². The predicted octanol–water partition coefficient (Wildman–Crippen LogP) is -10.7.